The van der Waals surface area contributed by atoms with E-state index in [1.165, 1.54) is 7.11 Å². The van der Waals surface area contributed by atoms with Gasteiger partial charge in [-0.05, 0) is 31.0 Å². The van der Waals surface area contributed by atoms with Crippen LogP contribution in [0.5, 0.6) is 0 Å². The summed E-state index contributed by atoms with van der Waals surface area (Å²) in [4.78, 5) is 34.2. The predicted octanol–water partition coefficient (Wildman–Crippen LogP) is 1.89. The van der Waals surface area contributed by atoms with Crippen LogP contribution in [0.3, 0.4) is 0 Å². The van der Waals surface area contributed by atoms with Crippen LogP contribution in [-0.2, 0) is 14.3 Å². The average Bonchev–Trinajstić information content (AvgIpc) is 2.45. The van der Waals surface area contributed by atoms with E-state index in [0.717, 1.165) is 10.0 Å². The Bertz CT molecular complexity index is 558. The number of carboxylic acids is 1. The molecule has 1 amide bonds. The van der Waals surface area contributed by atoms with Crippen molar-refractivity contribution in [1.29, 1.82) is 0 Å². The third kappa shape index (κ3) is 5.18. The zero-order chi connectivity index (χ0) is 16.0. The molecule has 21 heavy (non-hydrogen) atoms. The number of carboxylic acid groups (broad SMARTS) is 1. The largest absolute Gasteiger partial charge is 0.480 e. The quantitative estimate of drug-likeness (QED) is 0.758. The number of benzene rings is 1. The van der Waals surface area contributed by atoms with E-state index in [1.54, 1.807) is 18.2 Å². The molecule has 7 heteroatoms. The summed E-state index contributed by atoms with van der Waals surface area (Å²) in [5.41, 5.74) is 1.31. The van der Waals surface area contributed by atoms with Gasteiger partial charge in [-0.2, -0.15) is 0 Å². The molecule has 0 unspecified atom stereocenters. The Balaban J connectivity index is 2.74. The van der Waals surface area contributed by atoms with Gasteiger partial charge in [0.05, 0.1) is 7.11 Å². The molecular formula is C14H16BrNO5. The Hall–Kier alpha value is -1.89. The third-order valence-electron chi connectivity index (χ3n) is 2.90. The van der Waals surface area contributed by atoms with Crippen molar-refractivity contribution in [2.75, 3.05) is 7.11 Å². The van der Waals surface area contributed by atoms with Crippen LogP contribution in [0, 0.1) is 6.92 Å². The first-order valence-electron chi connectivity index (χ1n) is 6.21. The summed E-state index contributed by atoms with van der Waals surface area (Å²) in [6.45, 7) is 1.88. The van der Waals surface area contributed by atoms with Gasteiger partial charge in [-0.25, -0.2) is 4.79 Å². The van der Waals surface area contributed by atoms with Crippen molar-refractivity contribution in [3.63, 3.8) is 0 Å². The number of aryl methyl sites for hydroxylation is 1. The first-order chi connectivity index (χ1) is 9.85. The van der Waals surface area contributed by atoms with Crippen LogP contribution in [0.25, 0.3) is 0 Å². The summed E-state index contributed by atoms with van der Waals surface area (Å²) >= 11 is 3.31. The number of carbonyl (C=O) groups is 3. The number of methoxy groups -OCH3 is 1. The second kappa shape index (κ2) is 7.78. The highest BCUT2D eigenvalue weighted by molar-refractivity contribution is 9.10. The highest BCUT2D eigenvalue weighted by atomic mass is 79.9. The molecule has 6 nitrogen and oxygen atoms in total. The van der Waals surface area contributed by atoms with Gasteiger partial charge in [0.15, 0.2) is 0 Å². The van der Waals surface area contributed by atoms with Crippen molar-refractivity contribution < 1.29 is 24.2 Å². The van der Waals surface area contributed by atoms with Gasteiger partial charge in [0, 0.05) is 16.5 Å². The van der Waals surface area contributed by atoms with Gasteiger partial charge in [0.1, 0.15) is 6.04 Å². The molecule has 0 fully saturated rings. The lowest BCUT2D eigenvalue weighted by atomic mass is 10.1. The van der Waals surface area contributed by atoms with Crippen LogP contribution < -0.4 is 5.32 Å². The Kier molecular flexibility index (Phi) is 6.36. The van der Waals surface area contributed by atoms with Crippen molar-refractivity contribution in [1.82, 2.24) is 5.32 Å². The summed E-state index contributed by atoms with van der Waals surface area (Å²) in [7, 11) is 1.22. The van der Waals surface area contributed by atoms with E-state index in [-0.39, 0.29) is 12.8 Å². The summed E-state index contributed by atoms with van der Waals surface area (Å²) in [6, 6.07) is 3.83. The standard InChI is InChI=1S/C14H16BrNO5/c1-8-3-4-9(7-10(8)15)13(18)16-11(14(19)20)5-6-12(17)21-2/h3-4,7,11H,5-6H2,1-2H3,(H,16,18)(H,19,20)/t11-/m1/s1. The zero-order valence-electron chi connectivity index (χ0n) is 11.7. The van der Waals surface area contributed by atoms with Crippen molar-refractivity contribution in [3.8, 4) is 0 Å². The van der Waals surface area contributed by atoms with E-state index in [2.05, 4.69) is 26.0 Å². The SMILES string of the molecule is COC(=O)CC[C@@H](NC(=O)c1ccc(C)c(Br)c1)C(=O)O. The lowest BCUT2D eigenvalue weighted by Crippen LogP contribution is -2.41. The third-order valence-corrected chi connectivity index (χ3v) is 3.76. The number of ether oxygens (including phenoxy) is 1. The molecule has 0 bridgehead atoms. The molecule has 1 aromatic rings. The van der Waals surface area contributed by atoms with Crippen molar-refractivity contribution >= 4 is 33.8 Å². The smallest absolute Gasteiger partial charge is 0.326 e. The molecule has 0 radical (unpaired) electrons. The number of aliphatic carboxylic acids is 1. The summed E-state index contributed by atoms with van der Waals surface area (Å²) in [6.07, 6.45) is -0.105. The summed E-state index contributed by atoms with van der Waals surface area (Å²) < 4.78 is 5.21. The number of carbonyl (C=O) groups excluding carboxylic acids is 2. The second-order valence-electron chi connectivity index (χ2n) is 4.44. The minimum Gasteiger partial charge on any atom is -0.480 e. The number of rotatable bonds is 6. The fourth-order valence-electron chi connectivity index (χ4n) is 1.60. The molecule has 0 aliphatic carbocycles. The second-order valence-corrected chi connectivity index (χ2v) is 5.30. The van der Waals surface area contributed by atoms with Crippen LogP contribution in [-0.4, -0.2) is 36.1 Å². The number of hydrogen-bond donors (Lipinski definition) is 2. The Morgan fingerprint density at radius 2 is 2.05 bits per heavy atom. The summed E-state index contributed by atoms with van der Waals surface area (Å²) in [5.74, 6) is -2.22. The molecule has 0 saturated heterocycles. The molecule has 0 aromatic heterocycles. The van der Waals surface area contributed by atoms with Gasteiger partial charge >= 0.3 is 11.9 Å². The molecule has 1 rings (SSSR count). The highest BCUT2D eigenvalue weighted by Crippen LogP contribution is 2.17. The van der Waals surface area contributed by atoms with Crippen molar-refractivity contribution in [3.05, 3.63) is 33.8 Å². The van der Waals surface area contributed by atoms with Crippen LogP contribution in [0.4, 0.5) is 0 Å². The first-order valence-corrected chi connectivity index (χ1v) is 7.01. The molecule has 0 saturated carbocycles. The molecule has 1 aromatic carbocycles. The van der Waals surface area contributed by atoms with Gasteiger partial charge in [-0.15, -0.1) is 0 Å². The van der Waals surface area contributed by atoms with Crippen molar-refractivity contribution in [2.45, 2.75) is 25.8 Å². The molecule has 0 spiro atoms. The van der Waals surface area contributed by atoms with Gasteiger partial charge in [-0.1, -0.05) is 22.0 Å². The average molecular weight is 358 g/mol. The first kappa shape index (κ1) is 17.2. The molecule has 114 valence electrons. The van der Waals surface area contributed by atoms with E-state index in [1.807, 2.05) is 6.92 Å². The maximum absolute atomic E-state index is 12.0. The van der Waals surface area contributed by atoms with E-state index >= 15 is 0 Å². The molecule has 0 heterocycles. The minimum absolute atomic E-state index is 0.0270. The number of esters is 1. The monoisotopic (exact) mass is 357 g/mol. The van der Waals surface area contributed by atoms with E-state index in [0.29, 0.717) is 5.56 Å². The lowest BCUT2D eigenvalue weighted by molar-refractivity contribution is -0.142. The molecule has 1 atom stereocenters. The van der Waals surface area contributed by atoms with E-state index in [4.69, 9.17) is 5.11 Å². The van der Waals surface area contributed by atoms with Crippen LogP contribution >= 0.6 is 15.9 Å². The predicted molar refractivity (Wildman–Crippen MR) is 79.0 cm³/mol. The molecule has 0 aliphatic heterocycles. The zero-order valence-corrected chi connectivity index (χ0v) is 13.3. The lowest BCUT2D eigenvalue weighted by Gasteiger charge is -2.14. The summed E-state index contributed by atoms with van der Waals surface area (Å²) in [5, 5.41) is 11.5. The van der Waals surface area contributed by atoms with Crippen LogP contribution in [0.15, 0.2) is 22.7 Å². The number of nitrogens with one attached hydrogen (secondary N) is 1. The van der Waals surface area contributed by atoms with Crippen molar-refractivity contribution in [2.24, 2.45) is 0 Å². The number of halogens is 1. The normalized spacial score (nSPS) is 11.6. The van der Waals surface area contributed by atoms with E-state index < -0.39 is 23.9 Å². The van der Waals surface area contributed by atoms with E-state index in [9.17, 15) is 14.4 Å². The Morgan fingerprint density at radius 3 is 2.57 bits per heavy atom. The number of hydrogen-bond acceptors (Lipinski definition) is 4. The minimum atomic E-state index is -1.20. The van der Waals surface area contributed by atoms with Gasteiger partial charge in [0.2, 0.25) is 0 Å². The molecule has 0 aliphatic rings. The Labute approximate surface area is 130 Å². The maximum Gasteiger partial charge on any atom is 0.326 e. The fraction of sp³-hybridized carbons (Fsp3) is 0.357. The maximum atomic E-state index is 12.0. The fourth-order valence-corrected chi connectivity index (χ4v) is 1.98. The Morgan fingerprint density at radius 1 is 1.38 bits per heavy atom. The molecule has 2 N–H and O–H groups in total. The van der Waals surface area contributed by atoms with Gasteiger partial charge < -0.3 is 15.2 Å². The van der Waals surface area contributed by atoms with Crippen LogP contribution in [0.1, 0.15) is 28.8 Å². The van der Waals surface area contributed by atoms with Gasteiger partial charge in [-0.3, -0.25) is 9.59 Å². The topological polar surface area (TPSA) is 92.7 Å². The highest BCUT2D eigenvalue weighted by Gasteiger charge is 2.22. The molecular weight excluding hydrogens is 342 g/mol. The van der Waals surface area contributed by atoms with Crippen LogP contribution in [0.2, 0.25) is 0 Å². The van der Waals surface area contributed by atoms with Gasteiger partial charge in [0.25, 0.3) is 5.91 Å². The number of amides is 1.